The summed E-state index contributed by atoms with van der Waals surface area (Å²) in [4.78, 5) is 21.9. The number of fused-ring (bicyclic) bond motifs is 2. The number of hydrogen-bond donors (Lipinski definition) is 0. The molecule has 5 nitrogen and oxygen atoms in total. The molecule has 0 unspecified atom stereocenters. The van der Waals surface area contributed by atoms with Crippen LogP contribution in [0.15, 0.2) is 60.8 Å². The first-order valence-electron chi connectivity index (χ1n) is 12.1. The largest absolute Gasteiger partial charge is 0.494 e. The van der Waals surface area contributed by atoms with E-state index in [1.165, 1.54) is 23.3 Å². The van der Waals surface area contributed by atoms with Crippen LogP contribution in [0.4, 0.5) is 10.1 Å². The maximum Gasteiger partial charge on any atom is 0.258 e. The Morgan fingerprint density at radius 1 is 1.11 bits per heavy atom. The zero-order valence-electron chi connectivity index (χ0n) is 19.8. The number of carbonyl (C=O) groups excluding carboxylic acids is 1. The lowest BCUT2D eigenvalue weighted by Crippen LogP contribution is -2.46. The summed E-state index contributed by atoms with van der Waals surface area (Å²) in [5, 5.41) is 0.325. The van der Waals surface area contributed by atoms with Gasteiger partial charge in [0, 0.05) is 36.0 Å². The third-order valence-electron chi connectivity index (χ3n) is 7.21. The number of halogens is 2. The molecule has 182 valence electrons. The van der Waals surface area contributed by atoms with E-state index in [2.05, 4.69) is 35.0 Å². The van der Waals surface area contributed by atoms with Gasteiger partial charge in [-0.1, -0.05) is 29.3 Å². The van der Waals surface area contributed by atoms with Crippen LogP contribution in [0.25, 0.3) is 0 Å². The number of ether oxygens (including phenoxy) is 1. The summed E-state index contributed by atoms with van der Waals surface area (Å²) >= 11 is 6.06. The first kappa shape index (κ1) is 23.8. The Morgan fingerprint density at radius 3 is 2.63 bits per heavy atom. The molecule has 35 heavy (non-hydrogen) atoms. The fraction of sp³-hybridized carbons (Fsp3) is 0.357. The third kappa shape index (κ3) is 5.04. The van der Waals surface area contributed by atoms with Crippen molar-refractivity contribution in [3.63, 3.8) is 0 Å². The Balaban J connectivity index is 1.23. The first-order chi connectivity index (χ1) is 16.9. The van der Waals surface area contributed by atoms with Crippen molar-refractivity contribution in [3.05, 3.63) is 88.5 Å². The zero-order valence-corrected chi connectivity index (χ0v) is 20.6. The summed E-state index contributed by atoms with van der Waals surface area (Å²) in [6.45, 7) is 6.31. The number of anilines is 1. The number of rotatable bonds is 6. The first-order valence-corrected chi connectivity index (χ1v) is 12.5. The van der Waals surface area contributed by atoms with E-state index in [4.69, 9.17) is 16.3 Å². The average Bonchev–Trinajstić information content (AvgIpc) is 3.16. The Bertz CT molecular complexity index is 1210. The fourth-order valence-corrected chi connectivity index (χ4v) is 5.47. The van der Waals surface area contributed by atoms with Crippen LogP contribution in [0.5, 0.6) is 5.75 Å². The van der Waals surface area contributed by atoms with Gasteiger partial charge in [-0.15, -0.1) is 0 Å². The number of benzene rings is 2. The van der Waals surface area contributed by atoms with Crippen LogP contribution in [0, 0.1) is 12.7 Å². The van der Waals surface area contributed by atoms with Crippen LogP contribution in [0.3, 0.4) is 0 Å². The molecule has 0 N–H and O–H groups in total. The fourth-order valence-electron chi connectivity index (χ4n) is 5.30. The van der Waals surface area contributed by atoms with E-state index < -0.39 is 0 Å². The van der Waals surface area contributed by atoms with Crippen molar-refractivity contribution in [1.82, 2.24) is 9.88 Å². The number of aryl methyl sites for hydroxylation is 1. The lowest BCUT2D eigenvalue weighted by Gasteiger charge is -2.40. The molecule has 3 heterocycles. The monoisotopic (exact) mass is 493 g/mol. The molecule has 1 amide bonds. The third-order valence-corrected chi connectivity index (χ3v) is 7.41. The lowest BCUT2D eigenvalue weighted by atomic mass is 9.74. The Kier molecular flexibility index (Phi) is 6.76. The number of piperidine rings is 1. The highest BCUT2D eigenvalue weighted by Gasteiger charge is 2.46. The molecule has 2 aliphatic heterocycles. The maximum atomic E-state index is 13.4. The van der Waals surface area contributed by atoms with Crippen LogP contribution in [0.2, 0.25) is 5.15 Å². The molecule has 0 aliphatic carbocycles. The van der Waals surface area contributed by atoms with Crippen LogP contribution < -0.4 is 9.64 Å². The molecule has 5 rings (SSSR count). The SMILES string of the molecule is Cc1ccc2c(c1)C1(CCN(CCCOc3ccc(F)cc3)CC1)CN2C(=O)c1ccnc(Cl)c1. The second kappa shape index (κ2) is 9.96. The topological polar surface area (TPSA) is 45.7 Å². The second-order valence-corrected chi connectivity index (χ2v) is 9.94. The van der Waals surface area contributed by atoms with E-state index in [0.717, 1.165) is 44.6 Å². The summed E-state index contributed by atoms with van der Waals surface area (Å²) in [6.07, 6.45) is 4.50. The second-order valence-electron chi connectivity index (χ2n) is 9.56. The van der Waals surface area contributed by atoms with E-state index in [1.807, 2.05) is 4.90 Å². The highest BCUT2D eigenvalue weighted by atomic mass is 35.5. The van der Waals surface area contributed by atoms with Gasteiger partial charge in [-0.05, 0) is 87.3 Å². The quantitative estimate of drug-likeness (QED) is 0.329. The van der Waals surface area contributed by atoms with Gasteiger partial charge in [-0.2, -0.15) is 0 Å². The van der Waals surface area contributed by atoms with Gasteiger partial charge in [0.2, 0.25) is 0 Å². The van der Waals surface area contributed by atoms with E-state index in [0.29, 0.717) is 29.6 Å². The molecule has 0 bridgehead atoms. The minimum absolute atomic E-state index is 0.0309. The van der Waals surface area contributed by atoms with Crippen molar-refractivity contribution < 1.29 is 13.9 Å². The molecule has 3 aromatic rings. The van der Waals surface area contributed by atoms with E-state index in [9.17, 15) is 9.18 Å². The van der Waals surface area contributed by atoms with Gasteiger partial charge in [0.25, 0.3) is 5.91 Å². The summed E-state index contributed by atoms with van der Waals surface area (Å²) in [7, 11) is 0. The molecule has 7 heteroatoms. The molecule has 0 saturated carbocycles. The standard InChI is InChI=1S/C28H29ClFN3O2/c1-20-3-8-25-24(17-20)28(19-33(25)27(34)21-9-12-31-26(29)18-21)10-14-32(15-11-28)13-2-16-35-23-6-4-22(30)5-7-23/h3-9,12,17-18H,2,10-11,13-16,19H2,1H3. The Morgan fingerprint density at radius 2 is 1.89 bits per heavy atom. The van der Waals surface area contributed by atoms with E-state index in [1.54, 1.807) is 30.5 Å². The number of aromatic nitrogens is 1. The van der Waals surface area contributed by atoms with Gasteiger partial charge in [-0.25, -0.2) is 9.37 Å². The number of likely N-dealkylation sites (tertiary alicyclic amines) is 1. The van der Waals surface area contributed by atoms with Crippen molar-refractivity contribution in [2.75, 3.05) is 37.7 Å². The Labute approximate surface area is 210 Å². The van der Waals surface area contributed by atoms with Gasteiger partial charge in [-0.3, -0.25) is 4.79 Å². The Hall–Kier alpha value is -2.96. The predicted molar refractivity (Wildman–Crippen MR) is 136 cm³/mol. The summed E-state index contributed by atoms with van der Waals surface area (Å²) in [5.74, 6) is 0.409. The van der Waals surface area contributed by atoms with Crippen molar-refractivity contribution in [1.29, 1.82) is 0 Å². The van der Waals surface area contributed by atoms with Gasteiger partial charge in [0.1, 0.15) is 16.7 Å². The van der Waals surface area contributed by atoms with Crippen LogP contribution in [-0.4, -0.2) is 48.6 Å². The van der Waals surface area contributed by atoms with E-state index >= 15 is 0 Å². The van der Waals surface area contributed by atoms with Crippen molar-refractivity contribution in [3.8, 4) is 5.75 Å². The molecular weight excluding hydrogens is 465 g/mol. The summed E-state index contributed by atoms with van der Waals surface area (Å²) in [6, 6.07) is 15.9. The number of pyridine rings is 1. The minimum Gasteiger partial charge on any atom is -0.494 e. The highest BCUT2D eigenvalue weighted by molar-refractivity contribution is 6.29. The van der Waals surface area contributed by atoms with Crippen LogP contribution in [-0.2, 0) is 5.41 Å². The molecule has 2 aromatic carbocycles. The van der Waals surface area contributed by atoms with Crippen LogP contribution in [0.1, 0.15) is 40.7 Å². The van der Waals surface area contributed by atoms with Gasteiger partial charge >= 0.3 is 0 Å². The molecule has 2 aliphatic rings. The lowest BCUT2D eigenvalue weighted by molar-refractivity contribution is 0.0975. The molecular formula is C28H29ClFN3O2. The van der Waals surface area contributed by atoms with Gasteiger partial charge in [0.05, 0.1) is 6.61 Å². The summed E-state index contributed by atoms with van der Waals surface area (Å²) < 4.78 is 18.8. The van der Waals surface area contributed by atoms with Crippen LogP contribution >= 0.6 is 11.6 Å². The van der Waals surface area contributed by atoms with Gasteiger partial charge in [0.15, 0.2) is 0 Å². The van der Waals surface area contributed by atoms with E-state index in [-0.39, 0.29) is 17.1 Å². The average molecular weight is 494 g/mol. The van der Waals surface area contributed by atoms with Gasteiger partial charge < -0.3 is 14.5 Å². The number of hydrogen-bond acceptors (Lipinski definition) is 4. The predicted octanol–water partition coefficient (Wildman–Crippen LogP) is 5.65. The smallest absolute Gasteiger partial charge is 0.258 e. The minimum atomic E-state index is -0.256. The number of nitrogens with zero attached hydrogens (tertiary/aromatic N) is 3. The van der Waals surface area contributed by atoms with Crippen molar-refractivity contribution in [2.24, 2.45) is 0 Å². The molecule has 1 saturated heterocycles. The summed E-state index contributed by atoms with van der Waals surface area (Å²) in [5.41, 5.74) is 4.03. The molecule has 1 spiro atoms. The molecule has 0 atom stereocenters. The highest BCUT2D eigenvalue weighted by Crippen LogP contribution is 2.47. The number of carbonyl (C=O) groups is 1. The number of amides is 1. The molecule has 1 aromatic heterocycles. The zero-order chi connectivity index (χ0) is 24.4. The molecule has 1 fully saturated rings. The maximum absolute atomic E-state index is 13.4. The van der Waals surface area contributed by atoms with Crippen molar-refractivity contribution in [2.45, 2.75) is 31.6 Å². The van der Waals surface area contributed by atoms with Crippen molar-refractivity contribution >= 4 is 23.2 Å². The molecule has 0 radical (unpaired) electrons. The normalized spacial score (nSPS) is 16.9.